The van der Waals surface area contributed by atoms with E-state index in [9.17, 15) is 0 Å². The van der Waals surface area contributed by atoms with Gasteiger partial charge in [0.25, 0.3) is 0 Å². The van der Waals surface area contributed by atoms with Gasteiger partial charge in [-0.15, -0.1) is 0 Å². The van der Waals surface area contributed by atoms with Crippen LogP contribution in [0.5, 0.6) is 0 Å². The fourth-order valence-corrected chi connectivity index (χ4v) is 1.64. The first-order valence-electron chi connectivity index (χ1n) is 5.49. The van der Waals surface area contributed by atoms with Crippen LogP contribution in [0.25, 0.3) is 11.2 Å². The zero-order chi connectivity index (χ0) is 11.0. The van der Waals surface area contributed by atoms with Crippen molar-refractivity contribution in [2.75, 3.05) is 24.2 Å². The largest absolute Gasteiger partial charge is 0.368 e. The predicted molar refractivity (Wildman–Crippen MR) is 62.4 cm³/mol. The molecule has 1 saturated carbocycles. The van der Waals surface area contributed by atoms with E-state index in [1.807, 2.05) is 0 Å². The van der Waals surface area contributed by atoms with E-state index in [0.717, 1.165) is 23.8 Å². The van der Waals surface area contributed by atoms with Crippen molar-refractivity contribution in [1.29, 1.82) is 0 Å². The number of aromatic amines is 1. The lowest BCUT2D eigenvalue weighted by Gasteiger charge is -2.06. The molecule has 0 spiro atoms. The number of aromatic nitrogens is 4. The number of anilines is 2. The number of hydrogen-bond acceptors (Lipinski definition) is 5. The molecule has 6 heteroatoms. The van der Waals surface area contributed by atoms with Crippen molar-refractivity contribution in [1.82, 2.24) is 19.9 Å². The number of rotatable bonds is 4. The van der Waals surface area contributed by atoms with Crippen LogP contribution in [0.1, 0.15) is 12.8 Å². The summed E-state index contributed by atoms with van der Waals surface area (Å²) in [7, 11) is 1.80. The summed E-state index contributed by atoms with van der Waals surface area (Å²) >= 11 is 0. The van der Waals surface area contributed by atoms with Crippen LogP contribution in [0.4, 0.5) is 11.8 Å². The zero-order valence-corrected chi connectivity index (χ0v) is 9.12. The van der Waals surface area contributed by atoms with Gasteiger partial charge in [0, 0.05) is 13.6 Å². The van der Waals surface area contributed by atoms with Crippen LogP contribution in [0.2, 0.25) is 0 Å². The molecule has 2 aromatic heterocycles. The van der Waals surface area contributed by atoms with Gasteiger partial charge >= 0.3 is 0 Å². The molecule has 0 amide bonds. The Kier molecular flexibility index (Phi) is 2.12. The van der Waals surface area contributed by atoms with E-state index in [4.69, 9.17) is 0 Å². The van der Waals surface area contributed by atoms with Crippen molar-refractivity contribution < 1.29 is 0 Å². The second kappa shape index (κ2) is 3.62. The standard InChI is InChI=1S/C10H14N6/c1-11-10-15-8(12-4-6-2-3-6)7-9(16-10)14-5-13-7/h5-6H,2-4H2,1H3,(H3,11,12,13,14,15,16). The minimum absolute atomic E-state index is 0.595. The van der Waals surface area contributed by atoms with Crippen LogP contribution in [0.15, 0.2) is 6.33 Å². The number of imidazole rings is 1. The van der Waals surface area contributed by atoms with Crippen molar-refractivity contribution in [2.45, 2.75) is 12.8 Å². The quantitative estimate of drug-likeness (QED) is 0.719. The van der Waals surface area contributed by atoms with Crippen molar-refractivity contribution >= 4 is 22.9 Å². The number of hydrogen-bond donors (Lipinski definition) is 3. The summed E-state index contributed by atoms with van der Waals surface area (Å²) in [6.45, 7) is 0.980. The maximum atomic E-state index is 4.39. The van der Waals surface area contributed by atoms with Crippen LogP contribution in [-0.4, -0.2) is 33.5 Å². The van der Waals surface area contributed by atoms with Gasteiger partial charge in [-0.3, -0.25) is 0 Å². The maximum Gasteiger partial charge on any atom is 0.226 e. The highest BCUT2D eigenvalue weighted by molar-refractivity contribution is 5.83. The Bertz CT molecular complexity index is 501. The first-order chi connectivity index (χ1) is 7.86. The second-order valence-electron chi connectivity index (χ2n) is 4.07. The van der Waals surface area contributed by atoms with Gasteiger partial charge in [0.2, 0.25) is 5.95 Å². The minimum Gasteiger partial charge on any atom is -0.368 e. The highest BCUT2D eigenvalue weighted by Crippen LogP contribution is 2.29. The molecule has 3 N–H and O–H groups in total. The Morgan fingerprint density at radius 1 is 1.44 bits per heavy atom. The van der Waals surface area contributed by atoms with E-state index < -0.39 is 0 Å². The van der Waals surface area contributed by atoms with Crippen LogP contribution in [-0.2, 0) is 0 Å². The Morgan fingerprint density at radius 3 is 3.06 bits per heavy atom. The average molecular weight is 218 g/mol. The Labute approximate surface area is 92.9 Å². The van der Waals surface area contributed by atoms with Crippen molar-refractivity contribution in [3.63, 3.8) is 0 Å². The Morgan fingerprint density at radius 2 is 2.31 bits per heavy atom. The van der Waals surface area contributed by atoms with Gasteiger partial charge in [-0.2, -0.15) is 9.97 Å². The molecule has 3 rings (SSSR count). The first-order valence-corrected chi connectivity index (χ1v) is 5.49. The molecule has 84 valence electrons. The van der Waals surface area contributed by atoms with Crippen molar-refractivity contribution in [2.24, 2.45) is 5.92 Å². The monoisotopic (exact) mass is 218 g/mol. The van der Waals surface area contributed by atoms with E-state index in [2.05, 4.69) is 30.6 Å². The summed E-state index contributed by atoms with van der Waals surface area (Å²) in [5, 5.41) is 6.28. The number of nitrogens with zero attached hydrogens (tertiary/aromatic N) is 3. The number of fused-ring (bicyclic) bond motifs is 1. The molecule has 0 unspecified atom stereocenters. The highest BCUT2D eigenvalue weighted by atomic mass is 15.2. The summed E-state index contributed by atoms with van der Waals surface area (Å²) in [6.07, 6.45) is 4.28. The minimum atomic E-state index is 0.595. The van der Waals surface area contributed by atoms with E-state index >= 15 is 0 Å². The van der Waals surface area contributed by atoms with Gasteiger partial charge < -0.3 is 15.6 Å². The molecule has 1 aliphatic carbocycles. The number of H-pyrrole nitrogens is 1. The third-order valence-electron chi connectivity index (χ3n) is 2.76. The Hall–Kier alpha value is -1.85. The molecule has 0 aromatic carbocycles. The fraction of sp³-hybridized carbons (Fsp3) is 0.500. The summed E-state index contributed by atoms with van der Waals surface area (Å²) < 4.78 is 0. The zero-order valence-electron chi connectivity index (χ0n) is 9.12. The molecule has 0 bridgehead atoms. The molecular weight excluding hydrogens is 204 g/mol. The van der Waals surface area contributed by atoms with Crippen molar-refractivity contribution in [3.8, 4) is 0 Å². The molecule has 0 radical (unpaired) electrons. The molecule has 1 fully saturated rings. The molecular formula is C10H14N6. The van der Waals surface area contributed by atoms with Crippen molar-refractivity contribution in [3.05, 3.63) is 6.33 Å². The predicted octanol–water partition coefficient (Wildman–Crippen LogP) is 1.22. The van der Waals surface area contributed by atoms with Crippen LogP contribution >= 0.6 is 0 Å². The molecule has 0 aliphatic heterocycles. The van der Waals surface area contributed by atoms with Crippen LogP contribution in [0.3, 0.4) is 0 Å². The second-order valence-corrected chi connectivity index (χ2v) is 4.07. The van der Waals surface area contributed by atoms with E-state index in [0.29, 0.717) is 11.6 Å². The van der Waals surface area contributed by atoms with Gasteiger partial charge in [0.05, 0.1) is 6.33 Å². The molecule has 0 saturated heterocycles. The number of nitrogens with one attached hydrogen (secondary N) is 3. The maximum absolute atomic E-state index is 4.39. The Balaban J connectivity index is 1.94. The lowest BCUT2D eigenvalue weighted by Crippen LogP contribution is -2.08. The van der Waals surface area contributed by atoms with E-state index in [1.54, 1.807) is 13.4 Å². The lowest BCUT2D eigenvalue weighted by molar-refractivity contribution is 0.883. The highest BCUT2D eigenvalue weighted by Gasteiger charge is 2.21. The molecule has 2 aromatic rings. The van der Waals surface area contributed by atoms with Gasteiger partial charge in [-0.05, 0) is 18.8 Å². The average Bonchev–Trinajstić information content (AvgIpc) is 3.02. The molecule has 2 heterocycles. The third-order valence-corrected chi connectivity index (χ3v) is 2.76. The molecule has 0 atom stereocenters. The fourth-order valence-electron chi connectivity index (χ4n) is 1.64. The summed E-state index contributed by atoms with van der Waals surface area (Å²) in [6, 6.07) is 0. The SMILES string of the molecule is CNc1nc(NCC2CC2)c2[nH]cnc2n1. The molecule has 1 aliphatic rings. The van der Waals surface area contributed by atoms with Gasteiger partial charge in [0.15, 0.2) is 11.5 Å². The van der Waals surface area contributed by atoms with Crippen LogP contribution < -0.4 is 10.6 Å². The van der Waals surface area contributed by atoms with Gasteiger partial charge in [0.1, 0.15) is 5.52 Å². The molecule has 16 heavy (non-hydrogen) atoms. The third kappa shape index (κ3) is 1.66. The normalized spacial score (nSPS) is 15.3. The lowest BCUT2D eigenvalue weighted by atomic mass is 10.4. The smallest absolute Gasteiger partial charge is 0.226 e. The van der Waals surface area contributed by atoms with Gasteiger partial charge in [-0.25, -0.2) is 4.98 Å². The first kappa shape index (κ1) is 9.38. The van der Waals surface area contributed by atoms with E-state index in [-0.39, 0.29) is 0 Å². The topological polar surface area (TPSA) is 78.5 Å². The molecule has 6 nitrogen and oxygen atoms in total. The summed E-state index contributed by atoms with van der Waals surface area (Å²) in [5.41, 5.74) is 1.57. The summed E-state index contributed by atoms with van der Waals surface area (Å²) in [4.78, 5) is 15.8. The van der Waals surface area contributed by atoms with E-state index in [1.165, 1.54) is 12.8 Å². The summed E-state index contributed by atoms with van der Waals surface area (Å²) in [5.74, 6) is 2.24. The van der Waals surface area contributed by atoms with Gasteiger partial charge in [-0.1, -0.05) is 0 Å². The van der Waals surface area contributed by atoms with Crippen LogP contribution in [0, 0.1) is 5.92 Å².